The molecule has 0 spiro atoms. The zero-order valence-electron chi connectivity index (χ0n) is 10.4. The van der Waals surface area contributed by atoms with Crippen molar-refractivity contribution in [1.82, 2.24) is 9.88 Å². The number of fused-ring (bicyclic) bond motifs is 5. The number of imide groups is 1. The number of carbonyl (C=O) groups excluding carboxylic acids is 2. The molecule has 0 unspecified atom stereocenters. The number of nitrogens with zero attached hydrogens (tertiary/aromatic N) is 2. The number of carbonyl (C=O) groups is 2. The predicted molar refractivity (Wildman–Crippen MR) is 67.5 cm³/mol. The molecule has 2 aliphatic carbocycles. The smallest absolute Gasteiger partial charge is 0.234 e. The Morgan fingerprint density at radius 2 is 1.84 bits per heavy atom. The highest BCUT2D eigenvalue weighted by atomic mass is 16.2. The van der Waals surface area contributed by atoms with Crippen molar-refractivity contribution in [2.24, 2.45) is 23.7 Å². The van der Waals surface area contributed by atoms with Crippen LogP contribution in [0.15, 0.2) is 36.7 Å². The lowest BCUT2D eigenvalue weighted by Gasteiger charge is -2.16. The first kappa shape index (κ1) is 10.9. The lowest BCUT2D eigenvalue weighted by molar-refractivity contribution is -0.141. The van der Waals surface area contributed by atoms with Gasteiger partial charge in [-0.2, -0.15) is 0 Å². The zero-order chi connectivity index (χ0) is 13.0. The average Bonchev–Trinajstić information content (AvgIpc) is 3.10. The second kappa shape index (κ2) is 3.76. The molecule has 1 aromatic heterocycles. The van der Waals surface area contributed by atoms with Crippen LogP contribution in [-0.2, 0) is 16.1 Å². The third-order valence-electron chi connectivity index (χ3n) is 4.63. The van der Waals surface area contributed by atoms with Crippen LogP contribution >= 0.6 is 0 Å². The predicted octanol–water partition coefficient (Wildman–Crippen LogP) is 1.39. The van der Waals surface area contributed by atoms with Gasteiger partial charge >= 0.3 is 0 Å². The Bertz CT molecular complexity index is 551. The van der Waals surface area contributed by atoms with Crippen LogP contribution in [0.5, 0.6) is 0 Å². The van der Waals surface area contributed by atoms with Gasteiger partial charge in [0, 0.05) is 12.4 Å². The molecule has 4 rings (SSSR count). The molecule has 19 heavy (non-hydrogen) atoms. The molecule has 1 saturated carbocycles. The molecule has 1 saturated heterocycles. The first-order valence-corrected chi connectivity index (χ1v) is 6.68. The highest BCUT2D eigenvalue weighted by molar-refractivity contribution is 6.06. The van der Waals surface area contributed by atoms with E-state index in [1.165, 1.54) is 4.90 Å². The van der Waals surface area contributed by atoms with E-state index < -0.39 is 0 Å². The number of pyridine rings is 1. The van der Waals surface area contributed by atoms with Gasteiger partial charge in [0.25, 0.3) is 0 Å². The van der Waals surface area contributed by atoms with Crippen molar-refractivity contribution in [1.29, 1.82) is 0 Å². The van der Waals surface area contributed by atoms with E-state index in [-0.39, 0.29) is 35.5 Å². The summed E-state index contributed by atoms with van der Waals surface area (Å²) >= 11 is 0. The lowest BCUT2D eigenvalue weighted by atomic mass is 9.85. The fourth-order valence-corrected chi connectivity index (χ4v) is 3.79. The third-order valence-corrected chi connectivity index (χ3v) is 4.63. The van der Waals surface area contributed by atoms with Crippen molar-refractivity contribution in [3.05, 3.63) is 42.2 Å². The number of aromatic nitrogens is 1. The SMILES string of the molecule is O=C1[C@@H]2[C@@H](C(=O)N1Cc1cccnc1)[C@H]1C=C[C@@H]2C1. The Hall–Kier alpha value is -1.97. The molecule has 2 fully saturated rings. The van der Waals surface area contributed by atoms with Crippen LogP contribution in [0.3, 0.4) is 0 Å². The number of allylic oxidation sites excluding steroid dienone is 2. The molecule has 0 N–H and O–H groups in total. The minimum absolute atomic E-state index is 0.00991. The fraction of sp³-hybridized carbons (Fsp3) is 0.400. The molecule has 2 bridgehead atoms. The fourth-order valence-electron chi connectivity index (χ4n) is 3.79. The van der Waals surface area contributed by atoms with Crippen LogP contribution in [0.2, 0.25) is 0 Å². The standard InChI is InChI=1S/C15H14N2O2/c18-14-12-10-3-4-11(6-10)13(12)15(19)17(14)8-9-2-1-5-16-7-9/h1-5,7,10-13H,6,8H2/t10-,11+,12-,13-/m0/s1. The number of hydrogen-bond donors (Lipinski definition) is 0. The largest absolute Gasteiger partial charge is 0.278 e. The Morgan fingerprint density at radius 1 is 1.16 bits per heavy atom. The number of likely N-dealkylation sites (tertiary alicyclic amines) is 1. The quantitative estimate of drug-likeness (QED) is 0.592. The first-order chi connectivity index (χ1) is 9.25. The van der Waals surface area contributed by atoms with Crippen molar-refractivity contribution >= 4 is 11.8 Å². The van der Waals surface area contributed by atoms with Crippen LogP contribution in [0, 0.1) is 23.7 Å². The Morgan fingerprint density at radius 3 is 2.42 bits per heavy atom. The molecule has 4 nitrogen and oxygen atoms in total. The van der Waals surface area contributed by atoms with Gasteiger partial charge in [-0.15, -0.1) is 0 Å². The van der Waals surface area contributed by atoms with E-state index >= 15 is 0 Å². The molecular weight excluding hydrogens is 240 g/mol. The normalized spacial score (nSPS) is 35.3. The van der Waals surface area contributed by atoms with Crippen LogP contribution in [-0.4, -0.2) is 21.7 Å². The van der Waals surface area contributed by atoms with Gasteiger partial charge in [-0.3, -0.25) is 19.5 Å². The van der Waals surface area contributed by atoms with Crippen LogP contribution in [0.1, 0.15) is 12.0 Å². The van der Waals surface area contributed by atoms with Crippen molar-refractivity contribution in [3.8, 4) is 0 Å². The Balaban J connectivity index is 1.62. The van der Waals surface area contributed by atoms with Crippen molar-refractivity contribution in [3.63, 3.8) is 0 Å². The van der Waals surface area contributed by atoms with E-state index in [1.54, 1.807) is 12.4 Å². The van der Waals surface area contributed by atoms with E-state index in [2.05, 4.69) is 17.1 Å². The topological polar surface area (TPSA) is 50.3 Å². The van der Waals surface area contributed by atoms with Crippen molar-refractivity contribution in [2.45, 2.75) is 13.0 Å². The van der Waals surface area contributed by atoms with E-state index in [0.717, 1.165) is 12.0 Å². The third kappa shape index (κ3) is 1.43. The van der Waals surface area contributed by atoms with Gasteiger partial charge in [0.05, 0.1) is 18.4 Å². The van der Waals surface area contributed by atoms with Crippen LogP contribution < -0.4 is 0 Å². The maximum atomic E-state index is 12.4. The van der Waals surface area contributed by atoms with Crippen LogP contribution in [0.25, 0.3) is 0 Å². The van der Waals surface area contributed by atoms with E-state index in [1.807, 2.05) is 12.1 Å². The summed E-state index contributed by atoms with van der Waals surface area (Å²) in [4.78, 5) is 30.3. The van der Waals surface area contributed by atoms with E-state index in [9.17, 15) is 9.59 Å². The minimum Gasteiger partial charge on any atom is -0.278 e. The van der Waals surface area contributed by atoms with Gasteiger partial charge in [0.1, 0.15) is 0 Å². The molecule has 2 heterocycles. The molecule has 0 radical (unpaired) electrons. The molecule has 1 aromatic rings. The second-order valence-corrected chi connectivity index (χ2v) is 5.62. The summed E-state index contributed by atoms with van der Waals surface area (Å²) in [5.41, 5.74) is 0.907. The van der Waals surface area contributed by atoms with Gasteiger partial charge in [-0.25, -0.2) is 0 Å². The average molecular weight is 254 g/mol. The number of amides is 2. The van der Waals surface area contributed by atoms with Gasteiger partial charge in [0.2, 0.25) is 11.8 Å². The summed E-state index contributed by atoms with van der Waals surface area (Å²) in [6.07, 6.45) is 8.61. The maximum Gasteiger partial charge on any atom is 0.234 e. The molecule has 96 valence electrons. The lowest BCUT2D eigenvalue weighted by Crippen LogP contribution is -2.32. The Labute approximate surface area is 111 Å². The molecule has 4 atom stereocenters. The molecular formula is C15H14N2O2. The summed E-state index contributed by atoms with van der Waals surface area (Å²) in [5.74, 6) is 0.389. The maximum absolute atomic E-state index is 12.4. The molecule has 1 aliphatic heterocycles. The monoisotopic (exact) mass is 254 g/mol. The summed E-state index contributed by atoms with van der Waals surface area (Å²) < 4.78 is 0. The summed E-state index contributed by atoms with van der Waals surface area (Å²) in [6, 6.07) is 3.72. The van der Waals surface area contributed by atoms with E-state index in [0.29, 0.717) is 6.54 Å². The highest BCUT2D eigenvalue weighted by Crippen LogP contribution is 2.52. The van der Waals surface area contributed by atoms with Crippen molar-refractivity contribution in [2.75, 3.05) is 0 Å². The van der Waals surface area contributed by atoms with E-state index in [4.69, 9.17) is 0 Å². The zero-order valence-corrected chi connectivity index (χ0v) is 10.4. The molecule has 3 aliphatic rings. The van der Waals surface area contributed by atoms with Crippen LogP contribution in [0.4, 0.5) is 0 Å². The highest BCUT2D eigenvalue weighted by Gasteiger charge is 2.59. The molecule has 0 aromatic carbocycles. The summed E-state index contributed by atoms with van der Waals surface area (Å²) in [7, 11) is 0. The molecule has 2 amide bonds. The second-order valence-electron chi connectivity index (χ2n) is 5.62. The minimum atomic E-state index is -0.0980. The summed E-state index contributed by atoms with van der Waals surface area (Å²) in [5, 5.41) is 0. The Kier molecular flexibility index (Phi) is 2.16. The van der Waals surface area contributed by atoms with Gasteiger partial charge in [-0.1, -0.05) is 18.2 Å². The number of rotatable bonds is 2. The van der Waals surface area contributed by atoms with Crippen molar-refractivity contribution < 1.29 is 9.59 Å². The summed E-state index contributed by atoms with van der Waals surface area (Å²) in [6.45, 7) is 0.359. The van der Waals surface area contributed by atoms with Gasteiger partial charge in [-0.05, 0) is 29.9 Å². The molecule has 4 heteroatoms. The first-order valence-electron chi connectivity index (χ1n) is 6.68. The van der Waals surface area contributed by atoms with Gasteiger partial charge in [0.15, 0.2) is 0 Å². The van der Waals surface area contributed by atoms with Gasteiger partial charge < -0.3 is 0 Å². The number of hydrogen-bond acceptors (Lipinski definition) is 3.